The van der Waals surface area contributed by atoms with Crippen molar-refractivity contribution in [2.75, 3.05) is 0 Å². The van der Waals surface area contributed by atoms with Gasteiger partial charge in [-0.15, -0.1) is 0 Å². The molecule has 0 heterocycles. The van der Waals surface area contributed by atoms with Crippen LogP contribution in [0.3, 0.4) is 0 Å². The molecule has 0 bridgehead atoms. The lowest BCUT2D eigenvalue weighted by Crippen LogP contribution is -1.72. The summed E-state index contributed by atoms with van der Waals surface area (Å²) >= 11 is 0. The van der Waals surface area contributed by atoms with Crippen molar-refractivity contribution in [3.8, 4) is 0 Å². The minimum absolute atomic E-state index is 1.07. The van der Waals surface area contributed by atoms with Gasteiger partial charge in [-0.3, -0.25) is 0 Å². The first kappa shape index (κ1) is 10.8. The van der Waals surface area contributed by atoms with Gasteiger partial charge >= 0.3 is 0 Å². The van der Waals surface area contributed by atoms with Crippen LogP contribution in [0.5, 0.6) is 0 Å². The van der Waals surface area contributed by atoms with Gasteiger partial charge in [0, 0.05) is 0 Å². The van der Waals surface area contributed by atoms with Crippen molar-refractivity contribution >= 4 is 0 Å². The van der Waals surface area contributed by atoms with Crippen molar-refractivity contribution in [3.05, 3.63) is 60.8 Å². The number of hydrogen-bond acceptors (Lipinski definition) is 0. The van der Waals surface area contributed by atoms with Gasteiger partial charge in [0.2, 0.25) is 0 Å². The van der Waals surface area contributed by atoms with Crippen LogP contribution in [-0.4, -0.2) is 0 Å². The molecule has 0 amide bonds. The molecule has 0 aromatic rings. The molecule has 0 unspecified atom stereocenters. The molecule has 0 fully saturated rings. The summed E-state index contributed by atoms with van der Waals surface area (Å²) in [4.78, 5) is 0. The van der Waals surface area contributed by atoms with E-state index in [9.17, 15) is 0 Å². The zero-order valence-corrected chi connectivity index (χ0v) is 8.52. The van der Waals surface area contributed by atoms with Crippen LogP contribution >= 0.6 is 0 Å². The number of hydrogen-bond donors (Lipinski definition) is 0. The maximum atomic E-state index is 3.25. The van der Waals surface area contributed by atoms with Crippen molar-refractivity contribution in [1.82, 2.24) is 0 Å². The minimum Gasteiger partial charge on any atom is -0.0845 e. The minimum atomic E-state index is 1.07. The summed E-state index contributed by atoms with van der Waals surface area (Å²) < 4.78 is 0. The van der Waals surface area contributed by atoms with Gasteiger partial charge < -0.3 is 0 Å². The smallest absolute Gasteiger partial charge is 0.0276 e. The second kappa shape index (κ2) is 8.31. The number of rotatable bonds is 0. The molecule has 14 heavy (non-hydrogen) atoms. The highest BCUT2D eigenvalue weighted by Crippen LogP contribution is 2.01. The van der Waals surface area contributed by atoms with Crippen LogP contribution in [0.15, 0.2) is 54.7 Å². The van der Waals surface area contributed by atoms with Crippen molar-refractivity contribution in [1.29, 1.82) is 0 Å². The molecular weight excluding hydrogens is 168 g/mol. The van der Waals surface area contributed by atoms with Crippen LogP contribution in [0.4, 0.5) is 0 Å². The van der Waals surface area contributed by atoms with Crippen LogP contribution in [0.1, 0.15) is 25.7 Å². The maximum Gasteiger partial charge on any atom is -0.0276 e. The molecule has 73 valence electrons. The lowest BCUT2D eigenvalue weighted by atomic mass is 10.1. The predicted molar refractivity (Wildman–Crippen MR) is 62.8 cm³/mol. The van der Waals surface area contributed by atoms with E-state index >= 15 is 0 Å². The largest absolute Gasteiger partial charge is 0.0845 e. The van der Waals surface area contributed by atoms with Gasteiger partial charge in [-0.2, -0.15) is 0 Å². The number of allylic oxidation sites excluding steroid dienone is 10. The topological polar surface area (TPSA) is 0 Å². The SMILES string of the molecule is [C]1=CC=CC=CC=CC=CCCCC1. The average Bonchev–Trinajstić information content (AvgIpc) is 2.22. The van der Waals surface area contributed by atoms with Crippen molar-refractivity contribution in [2.24, 2.45) is 0 Å². The van der Waals surface area contributed by atoms with E-state index in [2.05, 4.69) is 24.3 Å². The van der Waals surface area contributed by atoms with E-state index in [1.54, 1.807) is 0 Å². The Hall–Kier alpha value is -1.30. The average molecular weight is 185 g/mol. The molecule has 0 aliphatic heterocycles. The van der Waals surface area contributed by atoms with Crippen LogP contribution in [0.25, 0.3) is 0 Å². The Morgan fingerprint density at radius 1 is 0.714 bits per heavy atom. The molecule has 0 saturated heterocycles. The van der Waals surface area contributed by atoms with Gasteiger partial charge in [0.1, 0.15) is 0 Å². The predicted octanol–water partition coefficient (Wildman–Crippen LogP) is 4.14. The summed E-state index contributed by atoms with van der Waals surface area (Å²) in [6, 6.07) is 0. The third-order valence-corrected chi connectivity index (χ3v) is 1.96. The molecule has 0 heteroatoms. The quantitative estimate of drug-likeness (QED) is 0.532. The van der Waals surface area contributed by atoms with Gasteiger partial charge in [-0.1, -0.05) is 54.7 Å². The summed E-state index contributed by atoms with van der Waals surface area (Å²) in [6.07, 6.45) is 26.5. The first-order valence-electron chi connectivity index (χ1n) is 5.22. The molecule has 0 atom stereocenters. The Morgan fingerprint density at radius 2 is 1.43 bits per heavy atom. The highest BCUT2D eigenvalue weighted by atomic mass is 13.9. The Labute approximate surface area is 87.0 Å². The van der Waals surface area contributed by atoms with Crippen molar-refractivity contribution in [3.63, 3.8) is 0 Å². The summed E-state index contributed by atoms with van der Waals surface area (Å²) in [5, 5.41) is 0. The molecule has 0 N–H and O–H groups in total. The Balaban J connectivity index is 2.46. The van der Waals surface area contributed by atoms with Gasteiger partial charge in [0.05, 0.1) is 0 Å². The molecular formula is C14H17. The second-order valence-electron chi connectivity index (χ2n) is 3.20. The summed E-state index contributed by atoms with van der Waals surface area (Å²) in [5.41, 5.74) is 0. The highest BCUT2D eigenvalue weighted by Gasteiger charge is 1.82. The van der Waals surface area contributed by atoms with E-state index in [1.165, 1.54) is 19.3 Å². The van der Waals surface area contributed by atoms with Crippen LogP contribution in [0, 0.1) is 6.08 Å². The zero-order chi connectivity index (χ0) is 9.90. The lowest BCUT2D eigenvalue weighted by molar-refractivity contribution is 0.754. The molecule has 1 aliphatic rings. The molecule has 0 saturated carbocycles. The second-order valence-corrected chi connectivity index (χ2v) is 3.20. The third-order valence-electron chi connectivity index (χ3n) is 1.96. The zero-order valence-electron chi connectivity index (χ0n) is 8.52. The van der Waals surface area contributed by atoms with E-state index in [4.69, 9.17) is 0 Å². The van der Waals surface area contributed by atoms with Crippen molar-refractivity contribution < 1.29 is 0 Å². The van der Waals surface area contributed by atoms with Crippen LogP contribution in [0.2, 0.25) is 0 Å². The van der Waals surface area contributed by atoms with E-state index in [-0.39, 0.29) is 0 Å². The van der Waals surface area contributed by atoms with E-state index in [0.29, 0.717) is 0 Å². The standard InChI is InChI=1S/C14H17/c1-2-4-6-8-10-12-14-13-11-9-7-5-3-1/h1-9H,10,12-14H2. The molecule has 1 aliphatic carbocycles. The van der Waals surface area contributed by atoms with E-state index in [1.807, 2.05) is 36.5 Å². The van der Waals surface area contributed by atoms with Gasteiger partial charge in [-0.05, 0) is 31.8 Å². The maximum absolute atomic E-state index is 3.25. The van der Waals surface area contributed by atoms with E-state index < -0.39 is 0 Å². The van der Waals surface area contributed by atoms with E-state index in [0.717, 1.165) is 6.42 Å². The molecule has 0 aromatic heterocycles. The fraction of sp³-hybridized carbons (Fsp3) is 0.286. The van der Waals surface area contributed by atoms with Gasteiger partial charge in [0.25, 0.3) is 0 Å². The van der Waals surface area contributed by atoms with Crippen LogP contribution in [-0.2, 0) is 0 Å². The van der Waals surface area contributed by atoms with Crippen LogP contribution < -0.4 is 0 Å². The Bertz CT molecular complexity index is 234. The first-order chi connectivity index (χ1) is 7.00. The molecule has 1 radical (unpaired) electrons. The summed E-state index contributed by atoms with van der Waals surface area (Å²) in [7, 11) is 0. The molecule has 0 spiro atoms. The monoisotopic (exact) mass is 185 g/mol. The van der Waals surface area contributed by atoms with Gasteiger partial charge in [-0.25, -0.2) is 0 Å². The third kappa shape index (κ3) is 6.24. The Kier molecular flexibility index (Phi) is 6.39. The molecule has 0 nitrogen and oxygen atoms in total. The first-order valence-corrected chi connectivity index (χ1v) is 5.22. The Morgan fingerprint density at radius 3 is 2.29 bits per heavy atom. The normalized spacial score (nSPS) is 18.3. The fourth-order valence-corrected chi connectivity index (χ4v) is 1.19. The fourth-order valence-electron chi connectivity index (χ4n) is 1.19. The molecule has 1 rings (SSSR count). The summed E-state index contributed by atoms with van der Waals surface area (Å²) in [5.74, 6) is 0. The lowest BCUT2D eigenvalue weighted by Gasteiger charge is -1.91. The van der Waals surface area contributed by atoms with Gasteiger partial charge in [0.15, 0.2) is 0 Å². The van der Waals surface area contributed by atoms with Crippen molar-refractivity contribution in [2.45, 2.75) is 25.7 Å². The summed E-state index contributed by atoms with van der Waals surface area (Å²) in [6.45, 7) is 0. The highest BCUT2D eigenvalue weighted by molar-refractivity contribution is 5.17. The molecule has 0 aromatic carbocycles.